The Hall–Kier alpha value is -1.89. The Morgan fingerprint density at radius 2 is 2.25 bits per heavy atom. The highest BCUT2D eigenvalue weighted by Crippen LogP contribution is 2.17. The number of carbonyl (C=O) groups excluding carboxylic acids is 1. The largest absolute Gasteiger partial charge is 0.462 e. The van der Waals surface area contributed by atoms with Crippen molar-refractivity contribution in [3.63, 3.8) is 0 Å². The number of aryl methyl sites for hydroxylation is 1. The molecule has 0 fully saturated rings. The molecule has 0 aliphatic carbocycles. The lowest BCUT2D eigenvalue weighted by atomic mass is 10.0. The van der Waals surface area contributed by atoms with Crippen LogP contribution < -0.4 is 0 Å². The summed E-state index contributed by atoms with van der Waals surface area (Å²) >= 11 is 0. The summed E-state index contributed by atoms with van der Waals surface area (Å²) in [6, 6.07) is 2.01. The van der Waals surface area contributed by atoms with Gasteiger partial charge < -0.3 is 4.74 Å². The van der Waals surface area contributed by atoms with Crippen LogP contribution in [0, 0.1) is 18.3 Å². The Labute approximate surface area is 94.9 Å². The smallest absolute Gasteiger partial charge is 0.340 e. The predicted molar refractivity (Wildman–Crippen MR) is 59.0 cm³/mol. The summed E-state index contributed by atoms with van der Waals surface area (Å²) in [5.41, 5.74) is 2.17. The average Bonchev–Trinajstić information content (AvgIpc) is 2.28. The van der Waals surface area contributed by atoms with E-state index in [2.05, 4.69) is 4.98 Å². The molecule has 0 atom stereocenters. The second-order valence-corrected chi connectivity index (χ2v) is 3.30. The Kier molecular flexibility index (Phi) is 4.01. The standard InChI is InChI=1S/C12H14N2O2/c1-4-10-11(12(15)16-5-2)8(3)9(6-13)7-14-10/h7H,4-5H2,1-3H3. The molecule has 0 saturated heterocycles. The molecule has 4 heteroatoms. The highest BCUT2D eigenvalue weighted by molar-refractivity contribution is 5.92. The summed E-state index contributed by atoms with van der Waals surface area (Å²) in [5.74, 6) is -0.401. The first-order valence-electron chi connectivity index (χ1n) is 5.21. The number of hydrogen-bond donors (Lipinski definition) is 0. The van der Waals surface area contributed by atoms with Crippen LogP contribution in [-0.2, 0) is 11.2 Å². The molecule has 84 valence electrons. The van der Waals surface area contributed by atoms with Gasteiger partial charge >= 0.3 is 5.97 Å². The van der Waals surface area contributed by atoms with E-state index in [1.54, 1.807) is 13.8 Å². The summed E-state index contributed by atoms with van der Waals surface area (Å²) in [7, 11) is 0. The molecule has 1 heterocycles. The predicted octanol–water partition coefficient (Wildman–Crippen LogP) is 2.00. The molecule has 0 saturated carbocycles. The number of nitrogens with zero attached hydrogens (tertiary/aromatic N) is 2. The minimum atomic E-state index is -0.401. The van der Waals surface area contributed by atoms with Crippen molar-refractivity contribution in [3.8, 4) is 6.07 Å². The van der Waals surface area contributed by atoms with Crippen LogP contribution in [-0.4, -0.2) is 17.6 Å². The molecule has 0 N–H and O–H groups in total. The van der Waals surface area contributed by atoms with E-state index in [9.17, 15) is 4.79 Å². The molecule has 0 amide bonds. The van der Waals surface area contributed by atoms with Crippen molar-refractivity contribution in [2.24, 2.45) is 0 Å². The van der Waals surface area contributed by atoms with Crippen LogP contribution in [0.4, 0.5) is 0 Å². The molecule has 4 nitrogen and oxygen atoms in total. The molecule has 0 bridgehead atoms. The number of aromatic nitrogens is 1. The van der Waals surface area contributed by atoms with Gasteiger partial charge in [-0.2, -0.15) is 5.26 Å². The van der Waals surface area contributed by atoms with E-state index in [0.29, 0.717) is 35.4 Å². The summed E-state index contributed by atoms with van der Waals surface area (Å²) in [4.78, 5) is 15.9. The second kappa shape index (κ2) is 5.26. The molecule has 16 heavy (non-hydrogen) atoms. The molecule has 0 spiro atoms. The van der Waals surface area contributed by atoms with Crippen molar-refractivity contribution in [2.45, 2.75) is 27.2 Å². The zero-order valence-corrected chi connectivity index (χ0v) is 9.70. The first-order valence-corrected chi connectivity index (χ1v) is 5.21. The van der Waals surface area contributed by atoms with E-state index in [1.807, 2.05) is 13.0 Å². The van der Waals surface area contributed by atoms with Crippen LogP contribution in [0.25, 0.3) is 0 Å². The number of carbonyl (C=O) groups is 1. The fourth-order valence-corrected chi connectivity index (χ4v) is 1.51. The third kappa shape index (κ3) is 2.19. The molecule has 0 aliphatic heterocycles. The number of ether oxygens (including phenoxy) is 1. The zero-order chi connectivity index (χ0) is 12.1. The third-order valence-corrected chi connectivity index (χ3v) is 2.35. The molecule has 0 aromatic carbocycles. The van der Waals surface area contributed by atoms with Gasteiger partial charge in [-0.15, -0.1) is 0 Å². The molecule has 1 aromatic rings. The maximum absolute atomic E-state index is 11.7. The van der Waals surface area contributed by atoms with E-state index in [1.165, 1.54) is 6.20 Å². The Morgan fingerprint density at radius 3 is 2.75 bits per heavy atom. The third-order valence-electron chi connectivity index (χ3n) is 2.35. The van der Waals surface area contributed by atoms with Crippen molar-refractivity contribution < 1.29 is 9.53 Å². The lowest BCUT2D eigenvalue weighted by Gasteiger charge is -2.10. The first kappa shape index (κ1) is 12.2. The van der Waals surface area contributed by atoms with Crippen LogP contribution in [0.15, 0.2) is 6.20 Å². The topological polar surface area (TPSA) is 63.0 Å². The minimum Gasteiger partial charge on any atom is -0.462 e. The summed E-state index contributed by atoms with van der Waals surface area (Å²) in [5, 5.41) is 8.88. The lowest BCUT2D eigenvalue weighted by Crippen LogP contribution is -2.12. The number of rotatable bonds is 3. The number of nitriles is 1. The van der Waals surface area contributed by atoms with Gasteiger partial charge in [-0.25, -0.2) is 4.79 Å². The van der Waals surface area contributed by atoms with Crippen LogP contribution in [0.3, 0.4) is 0 Å². The van der Waals surface area contributed by atoms with E-state index < -0.39 is 5.97 Å². The van der Waals surface area contributed by atoms with Crippen molar-refractivity contribution in [2.75, 3.05) is 6.61 Å². The second-order valence-electron chi connectivity index (χ2n) is 3.30. The maximum Gasteiger partial charge on any atom is 0.340 e. The lowest BCUT2D eigenvalue weighted by molar-refractivity contribution is 0.0523. The highest BCUT2D eigenvalue weighted by Gasteiger charge is 2.18. The molecule has 0 unspecified atom stereocenters. The van der Waals surface area contributed by atoms with Gasteiger partial charge in [0.2, 0.25) is 0 Å². The quantitative estimate of drug-likeness (QED) is 0.728. The average molecular weight is 218 g/mol. The fraction of sp³-hybridized carbons (Fsp3) is 0.417. The van der Waals surface area contributed by atoms with Crippen molar-refractivity contribution in [3.05, 3.63) is 28.6 Å². The fourth-order valence-electron chi connectivity index (χ4n) is 1.51. The van der Waals surface area contributed by atoms with Gasteiger partial charge in [0.05, 0.1) is 23.4 Å². The van der Waals surface area contributed by atoms with E-state index in [0.717, 1.165) is 0 Å². The van der Waals surface area contributed by atoms with Gasteiger partial charge in [-0.3, -0.25) is 4.98 Å². The van der Waals surface area contributed by atoms with Gasteiger partial charge in [0.15, 0.2) is 0 Å². The molecule has 0 radical (unpaired) electrons. The molecular weight excluding hydrogens is 204 g/mol. The van der Waals surface area contributed by atoms with Crippen LogP contribution in [0.2, 0.25) is 0 Å². The van der Waals surface area contributed by atoms with Crippen molar-refractivity contribution >= 4 is 5.97 Å². The van der Waals surface area contributed by atoms with Gasteiger partial charge in [-0.05, 0) is 25.8 Å². The van der Waals surface area contributed by atoms with Gasteiger partial charge in [0, 0.05) is 6.20 Å². The van der Waals surface area contributed by atoms with Gasteiger partial charge in [0.1, 0.15) is 6.07 Å². The molecule has 1 aromatic heterocycles. The Bertz CT molecular complexity index is 447. The Morgan fingerprint density at radius 1 is 1.56 bits per heavy atom. The monoisotopic (exact) mass is 218 g/mol. The van der Waals surface area contributed by atoms with Crippen LogP contribution >= 0.6 is 0 Å². The number of pyridine rings is 1. The Balaban J connectivity index is 3.33. The summed E-state index contributed by atoms with van der Waals surface area (Å²) in [6.45, 7) is 5.72. The van der Waals surface area contributed by atoms with Crippen LogP contribution in [0.1, 0.15) is 41.0 Å². The van der Waals surface area contributed by atoms with E-state index >= 15 is 0 Å². The maximum atomic E-state index is 11.7. The molecular formula is C12H14N2O2. The van der Waals surface area contributed by atoms with E-state index in [4.69, 9.17) is 10.00 Å². The number of hydrogen-bond acceptors (Lipinski definition) is 4. The summed E-state index contributed by atoms with van der Waals surface area (Å²) < 4.78 is 4.96. The normalized spacial score (nSPS) is 9.62. The summed E-state index contributed by atoms with van der Waals surface area (Å²) in [6.07, 6.45) is 2.14. The van der Waals surface area contributed by atoms with E-state index in [-0.39, 0.29) is 0 Å². The van der Waals surface area contributed by atoms with Crippen LogP contribution in [0.5, 0.6) is 0 Å². The first-order chi connectivity index (χ1) is 7.65. The number of esters is 1. The van der Waals surface area contributed by atoms with Crippen molar-refractivity contribution in [1.82, 2.24) is 4.98 Å². The SMILES string of the molecule is CCOC(=O)c1c(CC)ncc(C#N)c1C. The minimum absolute atomic E-state index is 0.318. The molecule has 0 aliphatic rings. The highest BCUT2D eigenvalue weighted by atomic mass is 16.5. The van der Waals surface area contributed by atoms with Gasteiger partial charge in [0.25, 0.3) is 0 Å². The van der Waals surface area contributed by atoms with Crippen molar-refractivity contribution in [1.29, 1.82) is 5.26 Å². The van der Waals surface area contributed by atoms with Gasteiger partial charge in [-0.1, -0.05) is 6.92 Å². The zero-order valence-electron chi connectivity index (χ0n) is 9.70. The molecule has 1 rings (SSSR count).